The number of methoxy groups -OCH3 is 1. The van der Waals surface area contributed by atoms with Gasteiger partial charge < -0.3 is 20.9 Å². The summed E-state index contributed by atoms with van der Waals surface area (Å²) in [5.74, 6) is 0.858. The minimum absolute atomic E-state index is 0.0451. The number of rotatable bonds is 5. The van der Waals surface area contributed by atoms with Crippen molar-refractivity contribution >= 4 is 0 Å². The maximum Gasteiger partial charge on any atom is 0.121 e. The smallest absolute Gasteiger partial charge is 0.121 e. The van der Waals surface area contributed by atoms with Crippen molar-refractivity contribution in [2.75, 3.05) is 20.8 Å². The number of likely N-dealkylation sites (N-methyl/N-ethyl adjacent to an activating group) is 1. The van der Waals surface area contributed by atoms with Gasteiger partial charge in [-0.05, 0) is 31.2 Å². The average molecular weight is 224 g/mol. The molecule has 0 bridgehead atoms. The van der Waals surface area contributed by atoms with Crippen molar-refractivity contribution in [1.29, 1.82) is 0 Å². The second-order valence-corrected chi connectivity index (χ2v) is 3.84. The molecule has 16 heavy (non-hydrogen) atoms. The van der Waals surface area contributed by atoms with E-state index in [1.807, 2.05) is 32.2 Å². The Morgan fingerprint density at radius 1 is 1.50 bits per heavy atom. The SMILES string of the molecule is CNC(c1ccc(OC)c(C)c1)C(N)CO. The Morgan fingerprint density at radius 3 is 2.62 bits per heavy atom. The third-order valence-corrected chi connectivity index (χ3v) is 2.73. The van der Waals surface area contributed by atoms with E-state index >= 15 is 0 Å². The summed E-state index contributed by atoms with van der Waals surface area (Å²) in [5, 5.41) is 12.2. The standard InChI is InChI=1S/C12H20N2O2/c1-8-6-9(4-5-11(8)16-3)12(14-2)10(13)7-15/h4-6,10,12,14-15H,7,13H2,1-3H3. The molecule has 0 saturated heterocycles. The average Bonchev–Trinajstić information content (AvgIpc) is 2.30. The Balaban J connectivity index is 2.98. The number of hydrogen-bond acceptors (Lipinski definition) is 4. The Morgan fingerprint density at radius 2 is 2.19 bits per heavy atom. The van der Waals surface area contributed by atoms with Crippen LogP contribution < -0.4 is 15.8 Å². The second kappa shape index (κ2) is 5.84. The van der Waals surface area contributed by atoms with Crippen LogP contribution in [0.25, 0.3) is 0 Å². The summed E-state index contributed by atoms with van der Waals surface area (Å²) in [5.41, 5.74) is 7.95. The fourth-order valence-corrected chi connectivity index (χ4v) is 1.83. The lowest BCUT2D eigenvalue weighted by molar-refractivity contribution is 0.240. The highest BCUT2D eigenvalue weighted by Crippen LogP contribution is 2.23. The molecular weight excluding hydrogens is 204 g/mol. The summed E-state index contributed by atoms with van der Waals surface area (Å²) in [7, 11) is 3.48. The molecule has 4 N–H and O–H groups in total. The van der Waals surface area contributed by atoms with Crippen LogP contribution in [0.1, 0.15) is 17.2 Å². The zero-order valence-corrected chi connectivity index (χ0v) is 10.0. The quantitative estimate of drug-likeness (QED) is 0.684. The number of aliphatic hydroxyl groups excluding tert-OH is 1. The number of nitrogens with one attached hydrogen (secondary N) is 1. The van der Waals surface area contributed by atoms with Crippen LogP contribution in [0.2, 0.25) is 0 Å². The molecule has 0 amide bonds. The second-order valence-electron chi connectivity index (χ2n) is 3.84. The minimum Gasteiger partial charge on any atom is -0.496 e. The first-order valence-corrected chi connectivity index (χ1v) is 5.32. The minimum atomic E-state index is -0.308. The van der Waals surface area contributed by atoms with E-state index in [0.29, 0.717) is 0 Å². The molecule has 2 atom stereocenters. The van der Waals surface area contributed by atoms with Crippen molar-refractivity contribution in [2.24, 2.45) is 5.73 Å². The molecule has 0 aliphatic carbocycles. The van der Waals surface area contributed by atoms with Crippen molar-refractivity contribution < 1.29 is 9.84 Å². The van der Waals surface area contributed by atoms with Gasteiger partial charge in [-0.3, -0.25) is 0 Å². The van der Waals surface area contributed by atoms with Gasteiger partial charge in [0.05, 0.1) is 13.7 Å². The van der Waals surface area contributed by atoms with E-state index in [4.69, 9.17) is 15.6 Å². The van der Waals surface area contributed by atoms with E-state index in [0.717, 1.165) is 16.9 Å². The van der Waals surface area contributed by atoms with Gasteiger partial charge in [-0.1, -0.05) is 12.1 Å². The first kappa shape index (κ1) is 13.0. The topological polar surface area (TPSA) is 67.5 Å². The molecule has 4 nitrogen and oxygen atoms in total. The molecule has 4 heteroatoms. The molecule has 2 unspecified atom stereocenters. The van der Waals surface area contributed by atoms with Gasteiger partial charge in [0.1, 0.15) is 5.75 Å². The molecule has 0 saturated carbocycles. The zero-order valence-electron chi connectivity index (χ0n) is 10.0. The normalized spacial score (nSPS) is 14.6. The van der Waals surface area contributed by atoms with Gasteiger partial charge in [-0.15, -0.1) is 0 Å². The molecule has 1 aromatic rings. The van der Waals surface area contributed by atoms with Gasteiger partial charge in [0.15, 0.2) is 0 Å². The Kier molecular flexibility index (Phi) is 4.73. The van der Waals surface area contributed by atoms with Gasteiger partial charge >= 0.3 is 0 Å². The van der Waals surface area contributed by atoms with E-state index in [1.54, 1.807) is 7.11 Å². The molecule has 0 aliphatic rings. The number of ether oxygens (including phenoxy) is 1. The van der Waals surface area contributed by atoms with Crippen LogP contribution in [-0.4, -0.2) is 31.9 Å². The summed E-state index contributed by atoms with van der Waals surface area (Å²) in [6.45, 7) is 1.94. The van der Waals surface area contributed by atoms with E-state index < -0.39 is 0 Å². The third kappa shape index (κ3) is 2.72. The van der Waals surface area contributed by atoms with E-state index in [1.165, 1.54) is 0 Å². The summed E-state index contributed by atoms with van der Waals surface area (Å²) >= 11 is 0. The maximum atomic E-state index is 9.08. The van der Waals surface area contributed by atoms with Crippen LogP contribution in [0, 0.1) is 6.92 Å². The van der Waals surface area contributed by atoms with Crippen molar-refractivity contribution in [3.8, 4) is 5.75 Å². The molecule has 90 valence electrons. The summed E-state index contributed by atoms with van der Waals surface area (Å²) in [6, 6.07) is 5.55. The maximum absolute atomic E-state index is 9.08. The predicted molar refractivity (Wildman–Crippen MR) is 64.6 cm³/mol. The Labute approximate surface area is 96.4 Å². The molecule has 0 aromatic heterocycles. The highest BCUT2D eigenvalue weighted by Gasteiger charge is 2.17. The van der Waals surface area contributed by atoms with Crippen molar-refractivity contribution in [1.82, 2.24) is 5.32 Å². The zero-order chi connectivity index (χ0) is 12.1. The molecule has 0 radical (unpaired) electrons. The summed E-state index contributed by atoms with van der Waals surface area (Å²) in [6.07, 6.45) is 0. The Bertz CT molecular complexity index is 342. The fraction of sp³-hybridized carbons (Fsp3) is 0.500. The lowest BCUT2D eigenvalue weighted by Gasteiger charge is -2.23. The fourth-order valence-electron chi connectivity index (χ4n) is 1.83. The van der Waals surface area contributed by atoms with Gasteiger partial charge in [0.2, 0.25) is 0 Å². The van der Waals surface area contributed by atoms with Crippen LogP contribution in [0.5, 0.6) is 5.75 Å². The van der Waals surface area contributed by atoms with Crippen LogP contribution in [0.15, 0.2) is 18.2 Å². The number of hydrogen-bond donors (Lipinski definition) is 3. The van der Waals surface area contributed by atoms with Gasteiger partial charge in [-0.2, -0.15) is 0 Å². The largest absolute Gasteiger partial charge is 0.496 e. The Hall–Kier alpha value is -1.10. The van der Waals surface area contributed by atoms with Crippen molar-refractivity contribution in [3.63, 3.8) is 0 Å². The van der Waals surface area contributed by atoms with Crippen LogP contribution in [0.4, 0.5) is 0 Å². The molecule has 0 spiro atoms. The van der Waals surface area contributed by atoms with Crippen LogP contribution in [-0.2, 0) is 0 Å². The number of benzene rings is 1. The molecule has 0 aliphatic heterocycles. The van der Waals surface area contributed by atoms with Gasteiger partial charge in [-0.25, -0.2) is 0 Å². The van der Waals surface area contributed by atoms with Crippen molar-refractivity contribution in [3.05, 3.63) is 29.3 Å². The lowest BCUT2D eigenvalue weighted by Crippen LogP contribution is -2.38. The predicted octanol–water partition coefficient (Wildman–Crippen LogP) is 0.584. The van der Waals surface area contributed by atoms with Crippen LogP contribution >= 0.6 is 0 Å². The van der Waals surface area contributed by atoms with Crippen molar-refractivity contribution in [2.45, 2.75) is 19.0 Å². The number of nitrogens with two attached hydrogens (primary N) is 1. The number of aryl methyl sites for hydroxylation is 1. The number of aliphatic hydroxyl groups is 1. The van der Waals surface area contributed by atoms with Crippen LogP contribution in [0.3, 0.4) is 0 Å². The highest BCUT2D eigenvalue weighted by molar-refractivity contribution is 5.37. The monoisotopic (exact) mass is 224 g/mol. The first-order valence-electron chi connectivity index (χ1n) is 5.32. The molecule has 0 heterocycles. The molecular formula is C12H20N2O2. The first-order chi connectivity index (χ1) is 7.63. The third-order valence-electron chi connectivity index (χ3n) is 2.73. The summed E-state index contributed by atoms with van der Waals surface area (Å²) in [4.78, 5) is 0. The lowest BCUT2D eigenvalue weighted by atomic mass is 9.98. The molecule has 0 fully saturated rings. The molecule has 1 rings (SSSR count). The van der Waals surface area contributed by atoms with E-state index in [-0.39, 0.29) is 18.7 Å². The van der Waals surface area contributed by atoms with Gasteiger partial charge in [0, 0.05) is 12.1 Å². The van der Waals surface area contributed by atoms with Gasteiger partial charge in [0.25, 0.3) is 0 Å². The highest BCUT2D eigenvalue weighted by atomic mass is 16.5. The molecule has 1 aromatic carbocycles. The van der Waals surface area contributed by atoms with E-state index in [9.17, 15) is 0 Å². The van der Waals surface area contributed by atoms with E-state index in [2.05, 4.69) is 5.32 Å². The summed E-state index contributed by atoms with van der Waals surface area (Å²) < 4.78 is 5.20.